The van der Waals surface area contributed by atoms with Crippen LogP contribution in [0.5, 0.6) is 0 Å². The molecular weight excluding hydrogens is 362 g/mol. The molecule has 1 aromatic heterocycles. The van der Waals surface area contributed by atoms with Gasteiger partial charge >= 0.3 is 0 Å². The van der Waals surface area contributed by atoms with Crippen molar-refractivity contribution in [2.45, 2.75) is 6.54 Å². The van der Waals surface area contributed by atoms with Gasteiger partial charge in [0.15, 0.2) is 0 Å². The van der Waals surface area contributed by atoms with E-state index in [-0.39, 0.29) is 11.1 Å². The second-order valence-corrected chi connectivity index (χ2v) is 7.93. The second-order valence-electron chi connectivity index (χ2n) is 5.82. The van der Waals surface area contributed by atoms with Gasteiger partial charge in [-0.2, -0.15) is 0 Å². The molecular formula is C21H15NO2S2. The lowest BCUT2D eigenvalue weighted by Crippen LogP contribution is -2.27. The van der Waals surface area contributed by atoms with Crippen LogP contribution in [0.3, 0.4) is 0 Å². The SMILES string of the molecule is O=C1S/C(=C\c2ccc(-c3ccccc3)s2)C(=O)N1Cc1ccccc1. The third-order valence-corrected chi connectivity index (χ3v) is 6.00. The van der Waals surface area contributed by atoms with E-state index in [2.05, 4.69) is 12.1 Å². The molecule has 4 rings (SSSR count). The van der Waals surface area contributed by atoms with Crippen LogP contribution in [0.15, 0.2) is 77.7 Å². The van der Waals surface area contributed by atoms with Gasteiger partial charge in [0, 0.05) is 9.75 Å². The van der Waals surface area contributed by atoms with Crippen LogP contribution in [-0.4, -0.2) is 16.0 Å². The summed E-state index contributed by atoms with van der Waals surface area (Å²) >= 11 is 2.62. The molecule has 0 saturated carbocycles. The molecule has 2 amide bonds. The molecule has 3 aromatic rings. The number of amides is 2. The van der Waals surface area contributed by atoms with E-state index in [0.29, 0.717) is 11.4 Å². The average Bonchev–Trinajstić information content (AvgIpc) is 3.24. The van der Waals surface area contributed by atoms with Gasteiger partial charge in [0.25, 0.3) is 11.1 Å². The second kappa shape index (κ2) is 7.32. The summed E-state index contributed by atoms with van der Waals surface area (Å²) in [6.07, 6.45) is 1.81. The van der Waals surface area contributed by atoms with Crippen molar-refractivity contribution in [2.24, 2.45) is 0 Å². The van der Waals surface area contributed by atoms with Crippen molar-refractivity contribution in [1.29, 1.82) is 0 Å². The highest BCUT2D eigenvalue weighted by Crippen LogP contribution is 2.36. The molecule has 1 aliphatic rings. The smallest absolute Gasteiger partial charge is 0.268 e. The van der Waals surface area contributed by atoms with Gasteiger partial charge in [0.2, 0.25) is 0 Å². The molecule has 2 aromatic carbocycles. The third kappa shape index (κ3) is 3.49. The zero-order valence-electron chi connectivity index (χ0n) is 13.8. The molecule has 0 spiro atoms. The predicted octanol–water partition coefficient (Wildman–Crippen LogP) is 5.65. The lowest BCUT2D eigenvalue weighted by molar-refractivity contribution is -0.123. The number of nitrogens with zero attached hydrogens (tertiary/aromatic N) is 1. The number of rotatable bonds is 4. The van der Waals surface area contributed by atoms with Gasteiger partial charge in [-0.05, 0) is 41.1 Å². The Kier molecular flexibility index (Phi) is 4.73. The number of carbonyl (C=O) groups is 2. The fourth-order valence-electron chi connectivity index (χ4n) is 2.72. The van der Waals surface area contributed by atoms with E-state index >= 15 is 0 Å². The summed E-state index contributed by atoms with van der Waals surface area (Å²) in [4.78, 5) is 28.8. The van der Waals surface area contributed by atoms with Crippen LogP contribution in [0, 0.1) is 0 Å². The number of thioether (sulfide) groups is 1. The number of benzene rings is 2. The molecule has 1 aliphatic heterocycles. The van der Waals surface area contributed by atoms with E-state index in [9.17, 15) is 9.59 Å². The molecule has 3 nitrogen and oxygen atoms in total. The summed E-state index contributed by atoms with van der Waals surface area (Å²) in [6, 6.07) is 23.7. The largest absolute Gasteiger partial charge is 0.293 e. The lowest BCUT2D eigenvalue weighted by Gasteiger charge is -2.11. The molecule has 0 aliphatic carbocycles. The molecule has 2 heterocycles. The highest BCUT2D eigenvalue weighted by Gasteiger charge is 2.35. The summed E-state index contributed by atoms with van der Waals surface area (Å²) in [5.74, 6) is -0.224. The van der Waals surface area contributed by atoms with Crippen LogP contribution < -0.4 is 0 Å². The fourth-order valence-corrected chi connectivity index (χ4v) is 4.58. The zero-order valence-corrected chi connectivity index (χ0v) is 15.4. The first-order chi connectivity index (χ1) is 12.7. The van der Waals surface area contributed by atoms with E-state index in [0.717, 1.165) is 32.6 Å². The minimum Gasteiger partial charge on any atom is -0.268 e. The van der Waals surface area contributed by atoms with Gasteiger partial charge in [0.05, 0.1) is 11.4 Å². The van der Waals surface area contributed by atoms with Gasteiger partial charge in [-0.3, -0.25) is 14.5 Å². The molecule has 0 bridgehead atoms. The van der Waals surface area contributed by atoms with Crippen molar-refractivity contribution in [3.63, 3.8) is 0 Å². The van der Waals surface area contributed by atoms with E-state index in [4.69, 9.17) is 0 Å². The average molecular weight is 377 g/mol. The van der Waals surface area contributed by atoms with Crippen molar-refractivity contribution < 1.29 is 9.59 Å². The van der Waals surface area contributed by atoms with Crippen molar-refractivity contribution in [2.75, 3.05) is 0 Å². The van der Waals surface area contributed by atoms with Crippen LogP contribution in [0.25, 0.3) is 16.5 Å². The molecule has 5 heteroatoms. The summed E-state index contributed by atoms with van der Waals surface area (Å²) < 4.78 is 0. The highest BCUT2D eigenvalue weighted by atomic mass is 32.2. The molecule has 0 unspecified atom stereocenters. The standard InChI is InChI=1S/C21H15NO2S2/c23-20-19(26-21(24)22(20)14-15-7-3-1-4-8-15)13-17-11-12-18(25-17)16-9-5-2-6-10-16/h1-13H,14H2/b19-13-. The first-order valence-electron chi connectivity index (χ1n) is 8.15. The van der Waals surface area contributed by atoms with Crippen molar-refractivity contribution >= 4 is 40.3 Å². The zero-order chi connectivity index (χ0) is 17.9. The Bertz CT molecular complexity index is 978. The quantitative estimate of drug-likeness (QED) is 0.551. The van der Waals surface area contributed by atoms with Crippen LogP contribution in [0.1, 0.15) is 10.4 Å². The van der Waals surface area contributed by atoms with E-state index in [1.807, 2.05) is 66.7 Å². The first kappa shape index (κ1) is 16.8. The minimum absolute atomic E-state index is 0.218. The molecule has 1 saturated heterocycles. The Balaban J connectivity index is 1.54. The van der Waals surface area contributed by atoms with Gasteiger partial charge in [-0.25, -0.2) is 0 Å². The Morgan fingerprint density at radius 1 is 0.846 bits per heavy atom. The number of hydrogen-bond donors (Lipinski definition) is 0. The number of imide groups is 1. The Morgan fingerprint density at radius 3 is 2.27 bits per heavy atom. The highest BCUT2D eigenvalue weighted by molar-refractivity contribution is 8.18. The van der Waals surface area contributed by atoms with E-state index in [1.54, 1.807) is 11.3 Å². The number of hydrogen-bond acceptors (Lipinski definition) is 4. The normalized spacial score (nSPS) is 15.8. The molecule has 1 fully saturated rings. The summed E-state index contributed by atoms with van der Waals surface area (Å²) in [7, 11) is 0. The Morgan fingerprint density at radius 2 is 1.54 bits per heavy atom. The Hall–Kier alpha value is -2.63. The maximum Gasteiger partial charge on any atom is 0.293 e. The Labute approximate surface area is 160 Å². The molecule has 0 radical (unpaired) electrons. The summed E-state index contributed by atoms with van der Waals surface area (Å²) in [5, 5.41) is -0.218. The molecule has 0 N–H and O–H groups in total. The minimum atomic E-state index is -0.224. The van der Waals surface area contributed by atoms with E-state index in [1.165, 1.54) is 4.90 Å². The fraction of sp³-hybridized carbons (Fsp3) is 0.0476. The van der Waals surface area contributed by atoms with Gasteiger partial charge < -0.3 is 0 Å². The van der Waals surface area contributed by atoms with Crippen molar-refractivity contribution in [1.82, 2.24) is 4.90 Å². The maximum atomic E-state index is 12.6. The number of carbonyl (C=O) groups excluding carboxylic acids is 2. The van der Waals surface area contributed by atoms with Crippen LogP contribution in [0.4, 0.5) is 4.79 Å². The monoisotopic (exact) mass is 377 g/mol. The number of thiophene rings is 1. The molecule has 26 heavy (non-hydrogen) atoms. The van der Waals surface area contributed by atoms with Gasteiger partial charge in [0.1, 0.15) is 0 Å². The van der Waals surface area contributed by atoms with Crippen LogP contribution in [-0.2, 0) is 11.3 Å². The topological polar surface area (TPSA) is 37.4 Å². The lowest BCUT2D eigenvalue weighted by atomic mass is 10.2. The van der Waals surface area contributed by atoms with Crippen LogP contribution in [0.2, 0.25) is 0 Å². The van der Waals surface area contributed by atoms with E-state index < -0.39 is 0 Å². The third-order valence-electron chi connectivity index (χ3n) is 4.02. The van der Waals surface area contributed by atoms with Crippen molar-refractivity contribution in [3.05, 3.63) is 88.1 Å². The first-order valence-corrected chi connectivity index (χ1v) is 9.78. The van der Waals surface area contributed by atoms with Gasteiger partial charge in [-0.1, -0.05) is 60.7 Å². The molecule has 0 atom stereocenters. The van der Waals surface area contributed by atoms with Crippen molar-refractivity contribution in [3.8, 4) is 10.4 Å². The van der Waals surface area contributed by atoms with Crippen LogP contribution >= 0.6 is 23.1 Å². The molecule has 128 valence electrons. The predicted molar refractivity (Wildman–Crippen MR) is 108 cm³/mol. The summed E-state index contributed by atoms with van der Waals surface area (Å²) in [6.45, 7) is 0.308. The van der Waals surface area contributed by atoms with Gasteiger partial charge in [-0.15, -0.1) is 11.3 Å². The maximum absolute atomic E-state index is 12.6. The summed E-state index contributed by atoms with van der Waals surface area (Å²) in [5.41, 5.74) is 2.09.